The van der Waals surface area contributed by atoms with Gasteiger partial charge in [0.2, 0.25) is 0 Å². The molecule has 0 fully saturated rings. The van der Waals surface area contributed by atoms with Gasteiger partial charge in [-0.25, -0.2) is 0 Å². The summed E-state index contributed by atoms with van der Waals surface area (Å²) in [4.78, 5) is 0. The fourth-order valence-corrected chi connectivity index (χ4v) is 2.66. The van der Waals surface area contributed by atoms with E-state index in [1.54, 1.807) is 6.07 Å². The van der Waals surface area contributed by atoms with Crippen LogP contribution in [-0.2, 0) is 0 Å². The lowest BCUT2D eigenvalue weighted by molar-refractivity contribution is 0.282. The molecule has 2 nitrogen and oxygen atoms in total. The SMILES string of the molecule is C=CC#N.CCCCCCCCCCCCCCCCCCO. The first-order valence-electron chi connectivity index (χ1n) is 9.94. The highest BCUT2D eigenvalue weighted by Crippen LogP contribution is 2.13. The smallest absolute Gasteiger partial charge is 0.0905 e. The summed E-state index contributed by atoms with van der Waals surface area (Å²) in [6, 6.07) is 1.69. The fraction of sp³-hybridized carbons (Fsp3) is 0.857. The predicted octanol–water partition coefficient (Wildman–Crippen LogP) is 6.94. The van der Waals surface area contributed by atoms with Crippen LogP contribution in [0.25, 0.3) is 0 Å². The molecular weight excluding hydrogens is 282 g/mol. The Morgan fingerprint density at radius 1 is 0.696 bits per heavy atom. The normalized spacial score (nSPS) is 9.78. The number of nitrogens with zero attached hydrogens (tertiary/aromatic N) is 1. The molecule has 0 rings (SSSR count). The first-order chi connectivity index (χ1) is 11.3. The van der Waals surface area contributed by atoms with E-state index < -0.39 is 0 Å². The number of nitriles is 1. The van der Waals surface area contributed by atoms with Crippen molar-refractivity contribution in [2.75, 3.05) is 6.61 Å². The summed E-state index contributed by atoms with van der Waals surface area (Å²) in [6.07, 6.45) is 23.4. The van der Waals surface area contributed by atoms with Crippen molar-refractivity contribution in [3.63, 3.8) is 0 Å². The van der Waals surface area contributed by atoms with E-state index in [4.69, 9.17) is 10.4 Å². The van der Waals surface area contributed by atoms with Gasteiger partial charge in [-0.3, -0.25) is 0 Å². The highest BCUT2D eigenvalue weighted by Gasteiger charge is 1.94. The molecule has 0 amide bonds. The molecule has 0 spiro atoms. The van der Waals surface area contributed by atoms with E-state index in [9.17, 15) is 0 Å². The van der Waals surface area contributed by atoms with Gasteiger partial charge in [0.15, 0.2) is 0 Å². The van der Waals surface area contributed by atoms with E-state index in [0.717, 1.165) is 6.42 Å². The van der Waals surface area contributed by atoms with E-state index in [0.29, 0.717) is 6.61 Å². The maximum Gasteiger partial charge on any atom is 0.0905 e. The molecule has 0 aromatic rings. The lowest BCUT2D eigenvalue weighted by Gasteiger charge is -2.03. The largest absolute Gasteiger partial charge is 0.396 e. The molecule has 0 aliphatic rings. The van der Waals surface area contributed by atoms with Crippen LogP contribution in [0.15, 0.2) is 12.7 Å². The van der Waals surface area contributed by atoms with Crippen LogP contribution in [0.2, 0.25) is 0 Å². The lowest BCUT2D eigenvalue weighted by atomic mass is 10.0. The van der Waals surface area contributed by atoms with Crippen molar-refractivity contribution < 1.29 is 5.11 Å². The highest BCUT2D eigenvalue weighted by atomic mass is 16.2. The highest BCUT2D eigenvalue weighted by molar-refractivity contribution is 4.93. The third kappa shape index (κ3) is 29.8. The number of hydrogen-bond donors (Lipinski definition) is 1. The number of rotatable bonds is 16. The number of allylic oxidation sites excluding steroid dienone is 1. The topological polar surface area (TPSA) is 44.0 Å². The molecule has 0 unspecified atom stereocenters. The van der Waals surface area contributed by atoms with Gasteiger partial charge in [-0.05, 0) is 6.42 Å². The number of hydrogen-bond acceptors (Lipinski definition) is 2. The Balaban J connectivity index is 0. The van der Waals surface area contributed by atoms with Crippen LogP contribution in [0.5, 0.6) is 0 Å². The van der Waals surface area contributed by atoms with Crippen LogP contribution in [0.1, 0.15) is 110 Å². The number of aliphatic hydroxyl groups is 1. The number of unbranched alkanes of at least 4 members (excludes halogenated alkanes) is 15. The van der Waals surface area contributed by atoms with Gasteiger partial charge >= 0.3 is 0 Å². The van der Waals surface area contributed by atoms with Gasteiger partial charge in [-0.1, -0.05) is 110 Å². The van der Waals surface area contributed by atoms with Crippen molar-refractivity contribution in [3.8, 4) is 6.07 Å². The van der Waals surface area contributed by atoms with Gasteiger partial charge in [-0.15, -0.1) is 0 Å². The van der Waals surface area contributed by atoms with Crippen LogP contribution in [-0.4, -0.2) is 11.7 Å². The molecule has 0 saturated carbocycles. The van der Waals surface area contributed by atoms with Crippen molar-refractivity contribution in [1.29, 1.82) is 5.26 Å². The molecule has 1 N–H and O–H groups in total. The Morgan fingerprint density at radius 2 is 0.957 bits per heavy atom. The Morgan fingerprint density at radius 3 is 1.17 bits per heavy atom. The van der Waals surface area contributed by atoms with Crippen LogP contribution in [0, 0.1) is 11.3 Å². The van der Waals surface area contributed by atoms with Crippen molar-refractivity contribution in [2.24, 2.45) is 0 Å². The minimum atomic E-state index is 0.373. The van der Waals surface area contributed by atoms with Gasteiger partial charge in [-0.2, -0.15) is 5.26 Å². The first kappa shape index (κ1) is 24.4. The Bertz CT molecular complexity index is 229. The van der Waals surface area contributed by atoms with Crippen molar-refractivity contribution in [1.82, 2.24) is 0 Å². The standard InChI is InChI=1S/C18H38O.C3H3N/c1-2-3-4-5-6-7-8-9-10-11-12-13-14-15-16-17-18-19;1-2-3-4/h19H,2-18H2,1H3;2H,1H2. The van der Waals surface area contributed by atoms with E-state index >= 15 is 0 Å². The van der Waals surface area contributed by atoms with Gasteiger partial charge in [0, 0.05) is 12.7 Å². The Kier molecular flexibility index (Phi) is 27.7. The molecule has 23 heavy (non-hydrogen) atoms. The van der Waals surface area contributed by atoms with Gasteiger partial charge < -0.3 is 5.11 Å². The average molecular weight is 324 g/mol. The summed E-state index contributed by atoms with van der Waals surface area (Å²) in [5.41, 5.74) is 0. The Labute approximate surface area is 146 Å². The molecule has 0 bridgehead atoms. The summed E-state index contributed by atoms with van der Waals surface area (Å²) < 4.78 is 0. The molecule has 0 radical (unpaired) electrons. The molecule has 0 atom stereocenters. The zero-order valence-corrected chi connectivity index (χ0v) is 15.7. The molecule has 136 valence electrons. The van der Waals surface area contributed by atoms with Gasteiger partial charge in [0.05, 0.1) is 6.07 Å². The second-order valence-corrected chi connectivity index (χ2v) is 6.36. The fourth-order valence-electron chi connectivity index (χ4n) is 2.66. The molecular formula is C21H41NO. The molecule has 0 aromatic carbocycles. The number of aliphatic hydroxyl groups excluding tert-OH is 1. The summed E-state index contributed by atoms with van der Waals surface area (Å²) >= 11 is 0. The van der Waals surface area contributed by atoms with Crippen LogP contribution in [0.3, 0.4) is 0 Å². The Hall–Kier alpha value is -0.810. The van der Waals surface area contributed by atoms with Gasteiger partial charge in [0.1, 0.15) is 0 Å². The van der Waals surface area contributed by atoms with Crippen molar-refractivity contribution >= 4 is 0 Å². The minimum Gasteiger partial charge on any atom is -0.396 e. The average Bonchev–Trinajstić information content (AvgIpc) is 2.58. The molecule has 0 aromatic heterocycles. The van der Waals surface area contributed by atoms with Gasteiger partial charge in [0.25, 0.3) is 0 Å². The first-order valence-corrected chi connectivity index (χ1v) is 9.94. The van der Waals surface area contributed by atoms with E-state index in [1.807, 2.05) is 0 Å². The summed E-state index contributed by atoms with van der Waals surface area (Å²) in [5, 5.41) is 16.2. The monoisotopic (exact) mass is 323 g/mol. The third-order valence-corrected chi connectivity index (χ3v) is 4.10. The summed E-state index contributed by atoms with van der Waals surface area (Å²) in [7, 11) is 0. The molecule has 0 heterocycles. The second kappa shape index (κ2) is 26.1. The van der Waals surface area contributed by atoms with Crippen LogP contribution >= 0.6 is 0 Å². The summed E-state index contributed by atoms with van der Waals surface area (Å²) in [6.45, 7) is 5.78. The van der Waals surface area contributed by atoms with E-state index in [2.05, 4.69) is 13.5 Å². The van der Waals surface area contributed by atoms with E-state index in [1.165, 1.54) is 102 Å². The molecule has 0 aliphatic carbocycles. The van der Waals surface area contributed by atoms with Crippen molar-refractivity contribution in [3.05, 3.63) is 12.7 Å². The second-order valence-electron chi connectivity index (χ2n) is 6.36. The summed E-state index contributed by atoms with van der Waals surface area (Å²) in [5.74, 6) is 0. The molecule has 2 heteroatoms. The quantitative estimate of drug-likeness (QED) is 0.247. The maximum atomic E-state index is 8.67. The maximum absolute atomic E-state index is 8.67. The lowest BCUT2D eigenvalue weighted by Crippen LogP contribution is -1.85. The molecule has 0 saturated heterocycles. The zero-order valence-electron chi connectivity index (χ0n) is 15.7. The van der Waals surface area contributed by atoms with Crippen LogP contribution in [0.4, 0.5) is 0 Å². The van der Waals surface area contributed by atoms with Crippen LogP contribution < -0.4 is 0 Å². The van der Waals surface area contributed by atoms with Crippen molar-refractivity contribution in [2.45, 2.75) is 110 Å². The minimum absolute atomic E-state index is 0.373. The third-order valence-electron chi connectivity index (χ3n) is 4.10. The molecule has 0 aliphatic heterocycles. The zero-order chi connectivity index (χ0) is 17.4. The predicted molar refractivity (Wildman–Crippen MR) is 102 cm³/mol. The van der Waals surface area contributed by atoms with E-state index in [-0.39, 0.29) is 0 Å².